The van der Waals surface area contributed by atoms with Gasteiger partial charge in [0.25, 0.3) is 0 Å². The third kappa shape index (κ3) is 7.45. The summed E-state index contributed by atoms with van der Waals surface area (Å²) in [5.41, 5.74) is 2.71. The Balaban J connectivity index is 1.79. The van der Waals surface area contributed by atoms with Crippen LogP contribution in [0.3, 0.4) is 0 Å². The fraction of sp³-hybridized carbons (Fsp3) is 0.286. The molecule has 1 aromatic heterocycles. The number of halogens is 1. The molecule has 0 atom stereocenters. The first-order chi connectivity index (χ1) is 17.5. The molecule has 0 aliphatic carbocycles. The minimum Gasteiger partial charge on any atom is -0.490 e. The average molecular weight is 573 g/mol. The molecule has 8 heteroatoms. The van der Waals surface area contributed by atoms with Gasteiger partial charge < -0.3 is 19.5 Å². The molecule has 0 saturated carbocycles. The lowest BCUT2D eigenvalue weighted by atomic mass is 10.0. The van der Waals surface area contributed by atoms with Gasteiger partial charge >= 0.3 is 5.97 Å². The summed E-state index contributed by atoms with van der Waals surface area (Å²) in [4.78, 5) is 25.5. The number of carbonyl (C=O) groups is 2. The lowest BCUT2D eigenvalue weighted by molar-refractivity contribution is -0.111. The van der Waals surface area contributed by atoms with E-state index in [2.05, 4.69) is 28.2 Å². The maximum Gasteiger partial charge on any atom is 0.341 e. The summed E-state index contributed by atoms with van der Waals surface area (Å²) < 4.78 is 17.7. The molecular formula is C28H30BrNO5S. The summed E-state index contributed by atoms with van der Waals surface area (Å²) in [7, 11) is 0. The molecule has 0 fully saturated rings. The van der Waals surface area contributed by atoms with E-state index in [0.29, 0.717) is 40.8 Å². The molecule has 0 saturated heterocycles. The number of thiophene rings is 1. The van der Waals surface area contributed by atoms with Gasteiger partial charge in [-0.25, -0.2) is 4.79 Å². The van der Waals surface area contributed by atoms with Gasteiger partial charge in [0.05, 0.1) is 19.8 Å². The van der Waals surface area contributed by atoms with Gasteiger partial charge in [-0.2, -0.15) is 0 Å². The molecule has 0 radical (unpaired) electrons. The van der Waals surface area contributed by atoms with E-state index in [1.54, 1.807) is 13.0 Å². The molecule has 0 spiro atoms. The van der Waals surface area contributed by atoms with Crippen molar-refractivity contribution in [2.75, 3.05) is 25.1 Å². The highest BCUT2D eigenvalue weighted by molar-refractivity contribution is 9.10. The van der Waals surface area contributed by atoms with Crippen LogP contribution < -0.4 is 14.8 Å². The monoisotopic (exact) mass is 571 g/mol. The van der Waals surface area contributed by atoms with Crippen molar-refractivity contribution in [2.45, 2.75) is 33.6 Å². The number of anilines is 1. The zero-order chi connectivity index (χ0) is 25.9. The summed E-state index contributed by atoms with van der Waals surface area (Å²) in [5, 5.41) is 5.12. The Morgan fingerprint density at radius 1 is 1.00 bits per heavy atom. The molecule has 2 aromatic carbocycles. The standard InChI is InChI=1S/C28H30BrNO5S/c1-4-7-16-35-23-14-8-19(17-24(23)33-5-2)9-15-25(31)30-27-26(28(32)34-6-3)22(18-36-27)20-10-12-21(29)13-11-20/h8-15,17-18H,4-7,16H2,1-3H3,(H,30,31)/b15-9+. The summed E-state index contributed by atoms with van der Waals surface area (Å²) in [6.45, 7) is 7.15. The largest absolute Gasteiger partial charge is 0.490 e. The first-order valence-electron chi connectivity index (χ1n) is 11.9. The third-order valence-electron chi connectivity index (χ3n) is 5.11. The number of nitrogens with one attached hydrogen (secondary N) is 1. The molecule has 0 aliphatic heterocycles. The molecule has 0 aliphatic rings. The third-order valence-corrected chi connectivity index (χ3v) is 6.54. The fourth-order valence-electron chi connectivity index (χ4n) is 3.37. The maximum absolute atomic E-state index is 12.8. The van der Waals surface area contributed by atoms with Crippen molar-refractivity contribution in [3.63, 3.8) is 0 Å². The molecule has 1 heterocycles. The van der Waals surface area contributed by atoms with Crippen molar-refractivity contribution in [3.8, 4) is 22.6 Å². The molecule has 6 nitrogen and oxygen atoms in total. The van der Waals surface area contributed by atoms with Crippen molar-refractivity contribution in [1.82, 2.24) is 0 Å². The highest BCUT2D eigenvalue weighted by Crippen LogP contribution is 2.37. The van der Waals surface area contributed by atoms with Crippen molar-refractivity contribution in [3.05, 3.63) is 69.5 Å². The second-order valence-electron chi connectivity index (χ2n) is 7.74. The predicted octanol–water partition coefficient (Wildman–Crippen LogP) is 7.58. The van der Waals surface area contributed by atoms with Gasteiger partial charge in [0, 0.05) is 21.5 Å². The van der Waals surface area contributed by atoms with Gasteiger partial charge in [0.1, 0.15) is 10.6 Å². The number of amides is 1. The zero-order valence-electron chi connectivity index (χ0n) is 20.6. The van der Waals surface area contributed by atoms with E-state index in [1.165, 1.54) is 17.4 Å². The Kier molecular flexibility index (Phi) is 10.6. The molecular weight excluding hydrogens is 542 g/mol. The Labute approximate surface area is 224 Å². The fourth-order valence-corrected chi connectivity index (χ4v) is 4.59. The van der Waals surface area contributed by atoms with Crippen molar-refractivity contribution in [1.29, 1.82) is 0 Å². The quantitative estimate of drug-likeness (QED) is 0.138. The minimum atomic E-state index is -0.476. The Morgan fingerprint density at radius 3 is 2.47 bits per heavy atom. The molecule has 190 valence electrons. The van der Waals surface area contributed by atoms with E-state index >= 15 is 0 Å². The summed E-state index contributed by atoms with van der Waals surface area (Å²) in [5.74, 6) is 0.491. The van der Waals surface area contributed by atoms with Crippen LogP contribution in [0.4, 0.5) is 5.00 Å². The molecule has 1 amide bonds. The minimum absolute atomic E-state index is 0.238. The first kappa shape index (κ1) is 27.5. The number of ether oxygens (including phenoxy) is 3. The van der Waals surface area contributed by atoms with Crippen LogP contribution in [0.25, 0.3) is 17.2 Å². The van der Waals surface area contributed by atoms with E-state index in [4.69, 9.17) is 14.2 Å². The van der Waals surface area contributed by atoms with Gasteiger partial charge in [0.2, 0.25) is 5.91 Å². The van der Waals surface area contributed by atoms with Crippen molar-refractivity contribution >= 4 is 50.2 Å². The zero-order valence-corrected chi connectivity index (χ0v) is 23.0. The van der Waals surface area contributed by atoms with Gasteiger partial charge in [-0.1, -0.05) is 47.5 Å². The first-order valence-corrected chi connectivity index (χ1v) is 13.6. The van der Waals surface area contributed by atoms with E-state index in [1.807, 2.05) is 54.8 Å². The Hall–Kier alpha value is -3.10. The lowest BCUT2D eigenvalue weighted by Crippen LogP contribution is -2.12. The predicted molar refractivity (Wildman–Crippen MR) is 149 cm³/mol. The Bertz CT molecular complexity index is 1200. The second kappa shape index (κ2) is 13.8. The van der Waals surface area contributed by atoms with Crippen LogP contribution in [0, 0.1) is 0 Å². The van der Waals surface area contributed by atoms with Crippen LogP contribution >= 0.6 is 27.3 Å². The Morgan fingerprint density at radius 2 is 1.78 bits per heavy atom. The van der Waals surface area contributed by atoms with Crippen LogP contribution in [0.5, 0.6) is 11.5 Å². The number of unbranched alkanes of at least 4 members (excludes halogenated alkanes) is 1. The smallest absolute Gasteiger partial charge is 0.341 e. The number of rotatable bonds is 12. The number of carbonyl (C=O) groups excluding carboxylic acids is 2. The summed E-state index contributed by atoms with van der Waals surface area (Å²) in [6.07, 6.45) is 5.14. The lowest BCUT2D eigenvalue weighted by Gasteiger charge is -2.12. The normalized spacial score (nSPS) is 10.9. The van der Waals surface area contributed by atoms with E-state index < -0.39 is 5.97 Å². The summed E-state index contributed by atoms with van der Waals surface area (Å²) >= 11 is 4.71. The molecule has 1 N–H and O–H groups in total. The van der Waals surface area contributed by atoms with Gasteiger partial charge in [-0.3, -0.25) is 4.79 Å². The van der Waals surface area contributed by atoms with Crippen molar-refractivity contribution in [2.24, 2.45) is 0 Å². The number of hydrogen-bond donors (Lipinski definition) is 1. The van der Waals surface area contributed by atoms with E-state index in [9.17, 15) is 9.59 Å². The molecule has 0 bridgehead atoms. The van der Waals surface area contributed by atoms with Crippen molar-refractivity contribution < 1.29 is 23.8 Å². The second-order valence-corrected chi connectivity index (χ2v) is 9.54. The van der Waals surface area contributed by atoms with Crippen LogP contribution in [0.15, 0.2) is 58.4 Å². The highest BCUT2D eigenvalue weighted by Gasteiger charge is 2.22. The van der Waals surface area contributed by atoms with Gasteiger partial charge in [-0.05, 0) is 61.7 Å². The van der Waals surface area contributed by atoms with E-state index in [-0.39, 0.29) is 12.5 Å². The molecule has 36 heavy (non-hydrogen) atoms. The topological polar surface area (TPSA) is 73.9 Å². The number of benzene rings is 2. The van der Waals surface area contributed by atoms with E-state index in [0.717, 1.165) is 28.4 Å². The number of esters is 1. The molecule has 0 unspecified atom stereocenters. The molecule has 3 rings (SSSR count). The average Bonchev–Trinajstić information content (AvgIpc) is 3.28. The van der Waals surface area contributed by atoms with Gasteiger partial charge in [0.15, 0.2) is 11.5 Å². The maximum atomic E-state index is 12.8. The SMILES string of the molecule is CCCCOc1ccc(/C=C/C(=O)Nc2scc(-c3ccc(Br)cc3)c2C(=O)OCC)cc1OCC. The summed E-state index contributed by atoms with van der Waals surface area (Å²) in [6, 6.07) is 13.2. The molecule has 3 aromatic rings. The highest BCUT2D eigenvalue weighted by atomic mass is 79.9. The van der Waals surface area contributed by atoms with Gasteiger partial charge in [-0.15, -0.1) is 11.3 Å². The number of hydrogen-bond acceptors (Lipinski definition) is 6. The van der Waals surface area contributed by atoms with Crippen LogP contribution in [-0.2, 0) is 9.53 Å². The van der Waals surface area contributed by atoms with Crippen LogP contribution in [0.2, 0.25) is 0 Å². The van der Waals surface area contributed by atoms with Crippen LogP contribution in [0.1, 0.15) is 49.5 Å². The van der Waals surface area contributed by atoms with Crippen LogP contribution in [-0.4, -0.2) is 31.7 Å².